The summed E-state index contributed by atoms with van der Waals surface area (Å²) < 4.78 is 22.7. The van der Waals surface area contributed by atoms with Gasteiger partial charge < -0.3 is 44.3 Å². The molecule has 0 bridgehead atoms. The van der Waals surface area contributed by atoms with Crippen LogP contribution in [0.5, 0.6) is 0 Å². The van der Waals surface area contributed by atoms with Crippen LogP contribution < -0.4 is 0 Å². The Morgan fingerprint density at radius 2 is 1.57 bits per heavy atom. The van der Waals surface area contributed by atoms with Crippen molar-refractivity contribution >= 4 is 29.2 Å². The fourth-order valence-corrected chi connectivity index (χ4v) is 9.48. The molecule has 0 spiro atoms. The summed E-state index contributed by atoms with van der Waals surface area (Å²) in [6, 6.07) is -1.12. The molecule has 3 aliphatic rings. The Labute approximate surface area is 387 Å². The van der Waals surface area contributed by atoms with Gasteiger partial charge in [-0.15, -0.1) is 0 Å². The number of methoxy groups -OCH3 is 3. The molecular weight excluding hydrogens is 835 g/mol. The van der Waals surface area contributed by atoms with Crippen molar-refractivity contribution in [3.63, 3.8) is 0 Å². The first-order chi connectivity index (χ1) is 30.7. The molecule has 14 nitrogen and oxygen atoms in total. The molecule has 0 aromatic rings. The van der Waals surface area contributed by atoms with Crippen LogP contribution >= 0.6 is 0 Å². The molecule has 2 heterocycles. The lowest BCUT2D eigenvalue weighted by molar-refractivity contribution is -0.265. The van der Waals surface area contributed by atoms with Crippen LogP contribution in [0.15, 0.2) is 59.8 Å². The van der Waals surface area contributed by atoms with E-state index >= 15 is 0 Å². The second-order valence-corrected chi connectivity index (χ2v) is 19.0. The van der Waals surface area contributed by atoms with Gasteiger partial charge in [-0.05, 0) is 113 Å². The number of hydrogen-bond donors (Lipinski definition) is 4. The van der Waals surface area contributed by atoms with Gasteiger partial charge in [0.25, 0.3) is 11.7 Å². The fraction of sp³-hybridized carbons (Fsp3) is 0.706. The molecule has 0 aromatic carbocycles. The zero-order valence-corrected chi connectivity index (χ0v) is 40.5. The van der Waals surface area contributed by atoms with Crippen LogP contribution in [0.1, 0.15) is 119 Å². The molecule has 14 atom stereocenters. The number of hydrogen-bond acceptors (Lipinski definition) is 12. The quantitative estimate of drug-likeness (QED) is 0.0353. The van der Waals surface area contributed by atoms with Crippen LogP contribution in [-0.4, -0.2) is 131 Å². The van der Waals surface area contributed by atoms with E-state index in [9.17, 15) is 44.4 Å². The Hall–Kier alpha value is -3.63. The van der Waals surface area contributed by atoms with Crippen LogP contribution in [0.2, 0.25) is 0 Å². The van der Waals surface area contributed by atoms with Gasteiger partial charge >= 0.3 is 5.97 Å². The standard InChI is InChI=1S/C51H79NO13/c1-31(26-35(5)45(55)47(64-10)46(56)36(6)28-34(4)41(53)23-19-32(2)27-38-21-24-42(54)44(29-38)63-9)16-12-11-13-17-33(3)43(62-8)30-39-22-20-37(7)51(61,65-39)48(57)49(58)52-25-15-14-18-40(52)50(59)60/h11-13,16-17,19,23,28,31-32,34-35,37-40,42-44,46-47,54,56,61H,14-15,18,20-22,24-27,29-30H2,1-10H3,(H,59,60)/b13-11+,16-12?,23-19+,33-17+,36-28+/t31-,32+,34-,35-,37-,38+,39?,40?,42-,43+,44-,46-,47+,51?/m1/s1. The minimum absolute atomic E-state index is 0.0173. The van der Waals surface area contributed by atoms with E-state index in [-0.39, 0.29) is 42.5 Å². The van der Waals surface area contributed by atoms with Gasteiger partial charge in [-0.2, -0.15) is 0 Å². The fourth-order valence-electron chi connectivity index (χ4n) is 9.48. The van der Waals surface area contributed by atoms with E-state index in [1.165, 1.54) is 7.11 Å². The number of ketones is 3. The molecule has 2 saturated heterocycles. The number of nitrogens with zero attached hydrogens (tertiary/aromatic N) is 1. The average molecular weight is 914 g/mol. The number of carbonyl (C=O) groups excluding carboxylic acids is 4. The lowest BCUT2D eigenvalue weighted by atomic mass is 9.80. The summed E-state index contributed by atoms with van der Waals surface area (Å²) in [6.07, 6.45) is 17.4. The summed E-state index contributed by atoms with van der Waals surface area (Å²) in [5, 5.41) is 42.4. The highest BCUT2D eigenvalue weighted by atomic mass is 16.6. The Bertz CT molecular complexity index is 1750. The number of carboxylic acids is 1. The van der Waals surface area contributed by atoms with Crippen molar-refractivity contribution < 1.29 is 63.3 Å². The molecule has 3 unspecified atom stereocenters. The number of ether oxygens (including phenoxy) is 4. The number of likely N-dealkylation sites (tertiary alicyclic amines) is 1. The van der Waals surface area contributed by atoms with Gasteiger partial charge in [0.2, 0.25) is 5.79 Å². The lowest BCUT2D eigenvalue weighted by Crippen LogP contribution is -2.60. The molecule has 3 rings (SSSR count). The molecule has 1 amide bonds. The highest BCUT2D eigenvalue weighted by Crippen LogP contribution is 2.37. The predicted octanol–water partition coefficient (Wildman–Crippen LogP) is 6.51. The van der Waals surface area contributed by atoms with E-state index < -0.39 is 77.8 Å². The smallest absolute Gasteiger partial charge is 0.326 e. The van der Waals surface area contributed by atoms with Gasteiger partial charge in [0.05, 0.1) is 24.4 Å². The normalized spacial score (nSPS) is 29.3. The second-order valence-electron chi connectivity index (χ2n) is 19.0. The summed E-state index contributed by atoms with van der Waals surface area (Å²) in [7, 11) is 4.58. The minimum Gasteiger partial charge on any atom is -0.480 e. The summed E-state index contributed by atoms with van der Waals surface area (Å²) >= 11 is 0. The Morgan fingerprint density at radius 3 is 2.22 bits per heavy atom. The SMILES string of the molecule is CO[C@@H](CC1CC[C@@H](C)C(O)(C(=O)C(=O)N2CCCCC2C(=O)O)O1)/C(C)=C/C=C/C=C[C@@H](C)C[C@@H](C)C(=O)[C@H](OC)[C@H](O)/C(C)=C/[C@@H](C)C(=O)/C=C/[C@H](C)C[C@@H]1CC[C@@H](O)[C@H](OC)C1. The van der Waals surface area contributed by atoms with Gasteiger partial charge in [0.15, 0.2) is 11.6 Å². The monoisotopic (exact) mass is 914 g/mol. The van der Waals surface area contributed by atoms with Crippen molar-refractivity contribution in [3.8, 4) is 0 Å². The van der Waals surface area contributed by atoms with Gasteiger partial charge in [0, 0.05) is 52.0 Å². The molecule has 0 radical (unpaired) electrons. The van der Waals surface area contributed by atoms with E-state index in [2.05, 4.69) is 6.92 Å². The van der Waals surface area contributed by atoms with Crippen molar-refractivity contribution in [2.24, 2.45) is 35.5 Å². The molecule has 1 aliphatic carbocycles. The van der Waals surface area contributed by atoms with Crippen molar-refractivity contribution in [2.75, 3.05) is 27.9 Å². The maximum Gasteiger partial charge on any atom is 0.326 e. The Kier molecular flexibility index (Phi) is 22.8. The molecule has 366 valence electrons. The number of amides is 1. The number of Topliss-reactive ketones (excluding diaryl/α,β-unsaturated/α-hetero) is 2. The molecule has 65 heavy (non-hydrogen) atoms. The lowest BCUT2D eigenvalue weighted by Gasteiger charge is -2.42. The van der Waals surface area contributed by atoms with E-state index in [0.29, 0.717) is 56.4 Å². The van der Waals surface area contributed by atoms with Crippen molar-refractivity contribution in [3.05, 3.63) is 59.8 Å². The van der Waals surface area contributed by atoms with Crippen molar-refractivity contribution in [2.45, 2.75) is 168 Å². The van der Waals surface area contributed by atoms with Gasteiger partial charge in [-0.1, -0.05) is 77.2 Å². The number of aliphatic carboxylic acids is 1. The molecule has 14 heteroatoms. The summed E-state index contributed by atoms with van der Waals surface area (Å²) in [5.41, 5.74) is 1.35. The number of aliphatic hydroxyl groups excluding tert-OH is 2. The van der Waals surface area contributed by atoms with Gasteiger partial charge in [-0.25, -0.2) is 4.79 Å². The minimum atomic E-state index is -2.38. The molecule has 3 fully saturated rings. The third kappa shape index (κ3) is 16.0. The zero-order valence-electron chi connectivity index (χ0n) is 40.5. The predicted molar refractivity (Wildman–Crippen MR) is 247 cm³/mol. The van der Waals surface area contributed by atoms with Gasteiger partial charge in [-0.3, -0.25) is 19.2 Å². The maximum atomic E-state index is 13.5. The van der Waals surface area contributed by atoms with E-state index in [1.54, 1.807) is 47.1 Å². The largest absolute Gasteiger partial charge is 0.480 e. The second kappa shape index (κ2) is 26.6. The van der Waals surface area contributed by atoms with E-state index in [0.717, 1.165) is 29.7 Å². The summed E-state index contributed by atoms with van der Waals surface area (Å²) in [6.45, 7) is 13.0. The number of carboxylic acid groups (broad SMARTS) is 1. The average Bonchev–Trinajstić information content (AvgIpc) is 3.28. The van der Waals surface area contributed by atoms with Crippen LogP contribution in [0.4, 0.5) is 0 Å². The number of carbonyl (C=O) groups is 5. The highest BCUT2D eigenvalue weighted by molar-refractivity contribution is 6.39. The zero-order chi connectivity index (χ0) is 48.6. The first-order valence-corrected chi connectivity index (χ1v) is 23.6. The molecule has 1 saturated carbocycles. The number of rotatable bonds is 24. The maximum absolute atomic E-state index is 13.5. The summed E-state index contributed by atoms with van der Waals surface area (Å²) in [5.74, 6) is -7.06. The van der Waals surface area contributed by atoms with Crippen molar-refractivity contribution in [1.29, 1.82) is 0 Å². The van der Waals surface area contributed by atoms with E-state index in [4.69, 9.17) is 18.9 Å². The van der Waals surface area contributed by atoms with Crippen molar-refractivity contribution in [1.82, 2.24) is 4.90 Å². The van der Waals surface area contributed by atoms with Crippen LogP contribution in [-0.2, 0) is 42.9 Å². The first-order valence-electron chi connectivity index (χ1n) is 23.6. The molecule has 4 N–H and O–H groups in total. The number of piperidine rings is 1. The third-order valence-corrected chi connectivity index (χ3v) is 13.7. The number of allylic oxidation sites excluding steroid dienone is 8. The highest BCUT2D eigenvalue weighted by Gasteiger charge is 2.52. The molecule has 0 aromatic heterocycles. The Balaban J connectivity index is 1.51. The van der Waals surface area contributed by atoms with Crippen LogP contribution in [0.3, 0.4) is 0 Å². The molecule has 2 aliphatic heterocycles. The first kappa shape index (κ1) is 55.7. The summed E-state index contributed by atoms with van der Waals surface area (Å²) in [4.78, 5) is 66.1. The van der Waals surface area contributed by atoms with E-state index in [1.807, 2.05) is 57.2 Å². The molecular formula is C51H79NO13. The van der Waals surface area contributed by atoms with Crippen LogP contribution in [0.25, 0.3) is 0 Å². The van der Waals surface area contributed by atoms with Gasteiger partial charge in [0.1, 0.15) is 18.2 Å². The number of aliphatic hydroxyl groups is 3. The topological polar surface area (TPSA) is 206 Å². The Morgan fingerprint density at radius 1 is 0.862 bits per heavy atom. The third-order valence-electron chi connectivity index (χ3n) is 13.7. The van der Waals surface area contributed by atoms with Crippen LogP contribution in [0, 0.1) is 35.5 Å².